The van der Waals surface area contributed by atoms with E-state index in [1.54, 1.807) is 0 Å². The van der Waals surface area contributed by atoms with Gasteiger partial charge in [-0.1, -0.05) is 58.3 Å². The minimum Gasteiger partial charge on any atom is -0.377 e. The Bertz CT molecular complexity index is 184. The highest BCUT2D eigenvalue weighted by Crippen LogP contribution is 2.19. The Morgan fingerprint density at radius 1 is 0.889 bits per heavy atom. The van der Waals surface area contributed by atoms with Crippen molar-refractivity contribution in [1.82, 2.24) is 5.32 Å². The molecule has 0 aliphatic heterocycles. The minimum absolute atomic E-state index is 0.439. The SMILES string of the molecule is CCCOC1CCCCCCCCCCC1NC. The van der Waals surface area contributed by atoms with Gasteiger partial charge in [-0.05, 0) is 26.3 Å². The Morgan fingerprint density at radius 3 is 2.00 bits per heavy atom. The lowest BCUT2D eigenvalue weighted by molar-refractivity contribution is 0.0183. The molecule has 0 amide bonds. The minimum atomic E-state index is 0.439. The number of hydrogen-bond acceptors (Lipinski definition) is 2. The largest absolute Gasteiger partial charge is 0.377 e. The molecule has 1 saturated carbocycles. The van der Waals surface area contributed by atoms with Gasteiger partial charge in [0.15, 0.2) is 0 Å². The molecule has 2 unspecified atom stereocenters. The monoisotopic (exact) mass is 255 g/mol. The molecule has 0 aromatic rings. The van der Waals surface area contributed by atoms with Crippen molar-refractivity contribution in [3.8, 4) is 0 Å². The maximum atomic E-state index is 6.08. The molecule has 1 rings (SSSR count). The zero-order valence-corrected chi connectivity index (χ0v) is 12.5. The molecule has 0 spiro atoms. The van der Waals surface area contributed by atoms with Crippen LogP contribution in [0, 0.1) is 0 Å². The third-order valence-electron chi connectivity index (χ3n) is 4.11. The second-order valence-corrected chi connectivity index (χ2v) is 5.71. The molecule has 0 radical (unpaired) electrons. The Hall–Kier alpha value is -0.0800. The molecule has 1 N–H and O–H groups in total. The number of ether oxygens (including phenoxy) is 1. The summed E-state index contributed by atoms with van der Waals surface area (Å²) in [7, 11) is 2.10. The lowest BCUT2D eigenvalue weighted by Gasteiger charge is -2.27. The van der Waals surface area contributed by atoms with Crippen LogP contribution in [0.15, 0.2) is 0 Å². The van der Waals surface area contributed by atoms with Crippen LogP contribution >= 0.6 is 0 Å². The van der Waals surface area contributed by atoms with Gasteiger partial charge in [0.2, 0.25) is 0 Å². The van der Waals surface area contributed by atoms with E-state index in [4.69, 9.17) is 4.74 Å². The first-order valence-corrected chi connectivity index (χ1v) is 8.17. The van der Waals surface area contributed by atoms with E-state index in [0.717, 1.165) is 13.0 Å². The summed E-state index contributed by atoms with van der Waals surface area (Å²) in [5.74, 6) is 0. The molecule has 0 heterocycles. The van der Waals surface area contributed by atoms with Gasteiger partial charge >= 0.3 is 0 Å². The average molecular weight is 255 g/mol. The second-order valence-electron chi connectivity index (χ2n) is 5.71. The number of rotatable bonds is 4. The lowest BCUT2D eigenvalue weighted by atomic mass is 9.96. The Balaban J connectivity index is 2.43. The van der Waals surface area contributed by atoms with E-state index in [-0.39, 0.29) is 0 Å². The Labute approximate surface area is 114 Å². The molecule has 18 heavy (non-hydrogen) atoms. The molecule has 0 aromatic carbocycles. The highest BCUT2D eigenvalue weighted by atomic mass is 16.5. The number of likely N-dealkylation sites (N-methyl/N-ethyl adjacent to an activating group) is 1. The molecule has 1 fully saturated rings. The summed E-state index contributed by atoms with van der Waals surface area (Å²) in [5.41, 5.74) is 0. The van der Waals surface area contributed by atoms with E-state index in [1.165, 1.54) is 64.2 Å². The average Bonchev–Trinajstić information content (AvgIpc) is 2.38. The predicted molar refractivity (Wildman–Crippen MR) is 79.0 cm³/mol. The molecule has 2 atom stereocenters. The molecule has 2 nitrogen and oxygen atoms in total. The van der Waals surface area contributed by atoms with Gasteiger partial charge in [0.25, 0.3) is 0 Å². The number of hydrogen-bond donors (Lipinski definition) is 1. The summed E-state index contributed by atoms with van der Waals surface area (Å²) in [4.78, 5) is 0. The molecular weight excluding hydrogens is 222 g/mol. The quantitative estimate of drug-likeness (QED) is 0.809. The summed E-state index contributed by atoms with van der Waals surface area (Å²) in [6.45, 7) is 3.12. The van der Waals surface area contributed by atoms with E-state index >= 15 is 0 Å². The Kier molecular flexibility index (Phi) is 9.59. The molecule has 108 valence electrons. The van der Waals surface area contributed by atoms with Gasteiger partial charge in [0, 0.05) is 12.6 Å². The first kappa shape index (κ1) is 16.0. The normalized spacial score (nSPS) is 28.3. The van der Waals surface area contributed by atoms with Gasteiger partial charge < -0.3 is 10.1 Å². The fraction of sp³-hybridized carbons (Fsp3) is 1.00. The second kappa shape index (κ2) is 10.8. The van der Waals surface area contributed by atoms with E-state index < -0.39 is 0 Å². The molecule has 2 heteroatoms. The van der Waals surface area contributed by atoms with Gasteiger partial charge in [-0.2, -0.15) is 0 Å². The van der Waals surface area contributed by atoms with Crippen LogP contribution < -0.4 is 5.32 Å². The third kappa shape index (κ3) is 6.75. The number of nitrogens with one attached hydrogen (secondary N) is 1. The first-order valence-electron chi connectivity index (χ1n) is 8.17. The molecule has 1 aliphatic carbocycles. The van der Waals surface area contributed by atoms with Crippen LogP contribution in [0.4, 0.5) is 0 Å². The molecule has 0 saturated heterocycles. The summed E-state index contributed by atoms with van der Waals surface area (Å²) < 4.78 is 6.08. The third-order valence-corrected chi connectivity index (χ3v) is 4.11. The summed E-state index contributed by atoms with van der Waals surface area (Å²) in [5, 5.41) is 3.49. The van der Waals surface area contributed by atoms with Crippen LogP contribution in [0.5, 0.6) is 0 Å². The lowest BCUT2D eigenvalue weighted by Crippen LogP contribution is -2.39. The maximum Gasteiger partial charge on any atom is 0.0727 e. The molecule has 0 aromatic heterocycles. The predicted octanol–water partition coefficient (Wildman–Crippen LogP) is 4.28. The van der Waals surface area contributed by atoms with E-state index in [1.807, 2.05) is 0 Å². The van der Waals surface area contributed by atoms with Crippen molar-refractivity contribution >= 4 is 0 Å². The highest BCUT2D eigenvalue weighted by Gasteiger charge is 2.20. The van der Waals surface area contributed by atoms with Crippen molar-refractivity contribution in [2.75, 3.05) is 13.7 Å². The van der Waals surface area contributed by atoms with Crippen LogP contribution in [-0.2, 0) is 4.74 Å². The van der Waals surface area contributed by atoms with Crippen molar-refractivity contribution in [2.45, 2.75) is 89.7 Å². The fourth-order valence-electron chi connectivity index (χ4n) is 2.96. The van der Waals surface area contributed by atoms with Crippen LogP contribution in [0.2, 0.25) is 0 Å². The maximum absolute atomic E-state index is 6.08. The zero-order chi connectivity index (χ0) is 13.1. The van der Waals surface area contributed by atoms with E-state index in [2.05, 4.69) is 19.3 Å². The van der Waals surface area contributed by atoms with Gasteiger partial charge in [-0.25, -0.2) is 0 Å². The van der Waals surface area contributed by atoms with E-state index in [9.17, 15) is 0 Å². The van der Waals surface area contributed by atoms with Crippen molar-refractivity contribution in [3.63, 3.8) is 0 Å². The van der Waals surface area contributed by atoms with Crippen LogP contribution in [-0.4, -0.2) is 25.8 Å². The van der Waals surface area contributed by atoms with Crippen molar-refractivity contribution in [1.29, 1.82) is 0 Å². The standard InChI is InChI=1S/C16H33NO/c1-3-14-18-16-13-11-9-7-5-4-6-8-10-12-15(16)17-2/h15-17H,3-14H2,1-2H3. The highest BCUT2D eigenvalue weighted by molar-refractivity contribution is 4.76. The van der Waals surface area contributed by atoms with Gasteiger partial charge in [-0.3, -0.25) is 0 Å². The van der Waals surface area contributed by atoms with E-state index in [0.29, 0.717) is 12.1 Å². The summed E-state index contributed by atoms with van der Waals surface area (Å²) in [6, 6.07) is 0.566. The van der Waals surface area contributed by atoms with Crippen LogP contribution in [0.3, 0.4) is 0 Å². The van der Waals surface area contributed by atoms with Crippen LogP contribution in [0.25, 0.3) is 0 Å². The summed E-state index contributed by atoms with van der Waals surface area (Å²) in [6.07, 6.45) is 15.3. The smallest absolute Gasteiger partial charge is 0.0727 e. The molecular formula is C16H33NO. The zero-order valence-electron chi connectivity index (χ0n) is 12.5. The van der Waals surface area contributed by atoms with Crippen molar-refractivity contribution < 1.29 is 4.74 Å². The Morgan fingerprint density at radius 2 is 1.44 bits per heavy atom. The fourth-order valence-corrected chi connectivity index (χ4v) is 2.96. The van der Waals surface area contributed by atoms with Gasteiger partial charge in [0.05, 0.1) is 6.10 Å². The molecule has 1 aliphatic rings. The van der Waals surface area contributed by atoms with Crippen molar-refractivity contribution in [3.05, 3.63) is 0 Å². The first-order chi connectivity index (χ1) is 8.88. The van der Waals surface area contributed by atoms with Crippen LogP contribution in [0.1, 0.15) is 77.6 Å². The molecule has 0 bridgehead atoms. The summed E-state index contributed by atoms with van der Waals surface area (Å²) >= 11 is 0. The van der Waals surface area contributed by atoms with Gasteiger partial charge in [-0.15, -0.1) is 0 Å². The van der Waals surface area contributed by atoms with Crippen molar-refractivity contribution in [2.24, 2.45) is 0 Å². The van der Waals surface area contributed by atoms with Gasteiger partial charge in [0.1, 0.15) is 0 Å². The topological polar surface area (TPSA) is 21.3 Å².